The van der Waals surface area contributed by atoms with Gasteiger partial charge in [-0.15, -0.1) is 0 Å². The largest absolute Gasteiger partial charge is 0.392 e. The second-order valence-electron chi connectivity index (χ2n) is 5.86. The van der Waals surface area contributed by atoms with Crippen molar-refractivity contribution in [3.8, 4) is 0 Å². The van der Waals surface area contributed by atoms with Crippen molar-refractivity contribution in [3.63, 3.8) is 0 Å². The van der Waals surface area contributed by atoms with E-state index in [9.17, 15) is 9.59 Å². The van der Waals surface area contributed by atoms with Crippen LogP contribution in [0.25, 0.3) is 0 Å². The molecule has 6 nitrogen and oxygen atoms in total. The summed E-state index contributed by atoms with van der Waals surface area (Å²) in [5, 5.41) is 2.91. The van der Waals surface area contributed by atoms with Crippen LogP contribution in [0.2, 0.25) is 0 Å². The fourth-order valence-electron chi connectivity index (χ4n) is 2.05. The Morgan fingerprint density at radius 3 is 2.60 bits per heavy atom. The van der Waals surface area contributed by atoms with Crippen molar-refractivity contribution in [1.29, 1.82) is 0 Å². The van der Waals surface area contributed by atoms with E-state index >= 15 is 0 Å². The van der Waals surface area contributed by atoms with Gasteiger partial charge in [-0.3, -0.25) is 9.59 Å². The number of rotatable bonds is 4. The number of thiocarbonyl (C=S) groups is 1. The fraction of sp³-hybridized carbons (Fsp3) is 0.769. The van der Waals surface area contributed by atoms with E-state index in [2.05, 4.69) is 5.32 Å². The number of carbonyl (C=O) groups excluding carboxylic acids is 2. The van der Waals surface area contributed by atoms with Crippen LogP contribution in [0.15, 0.2) is 0 Å². The van der Waals surface area contributed by atoms with Gasteiger partial charge in [0.2, 0.25) is 11.8 Å². The van der Waals surface area contributed by atoms with Gasteiger partial charge in [-0.05, 0) is 26.7 Å². The summed E-state index contributed by atoms with van der Waals surface area (Å²) in [5.41, 5.74) is 4.69. The molecule has 0 aromatic rings. The maximum Gasteiger partial charge on any atom is 0.245 e. The molecule has 20 heavy (non-hydrogen) atoms. The molecule has 1 aliphatic heterocycles. The molecule has 1 unspecified atom stereocenters. The average Bonchev–Trinajstić information content (AvgIpc) is 3.21. The van der Waals surface area contributed by atoms with Gasteiger partial charge < -0.3 is 20.7 Å². The lowest BCUT2D eigenvalue weighted by molar-refractivity contribution is -0.152. The second kappa shape index (κ2) is 5.65. The third-order valence-electron chi connectivity index (χ3n) is 3.77. The fourth-order valence-corrected chi connectivity index (χ4v) is 2.14. The van der Waals surface area contributed by atoms with Crippen LogP contribution >= 0.6 is 12.2 Å². The summed E-state index contributed by atoms with van der Waals surface area (Å²) in [6.07, 6.45) is 2.01. The molecular formula is C13H21N3O3S. The molecule has 112 valence electrons. The Morgan fingerprint density at radius 2 is 2.05 bits per heavy atom. The van der Waals surface area contributed by atoms with Crippen LogP contribution in [0.1, 0.15) is 26.7 Å². The van der Waals surface area contributed by atoms with E-state index in [-0.39, 0.29) is 29.5 Å². The molecule has 2 fully saturated rings. The molecule has 1 atom stereocenters. The van der Waals surface area contributed by atoms with Gasteiger partial charge in [-0.1, -0.05) is 12.2 Å². The maximum absolute atomic E-state index is 12.6. The number of morpholine rings is 1. The summed E-state index contributed by atoms with van der Waals surface area (Å²) < 4.78 is 5.34. The standard InChI is InChI=1S/C13H21N3O3S/c1-13(2,11(14)20)12(18)16-5-6-19-7-9(16)10(17)15-8-3-4-8/h8-9H,3-7H2,1-2H3,(H2,14,20)(H,15,17). The van der Waals surface area contributed by atoms with Crippen LogP contribution < -0.4 is 11.1 Å². The van der Waals surface area contributed by atoms with Crippen LogP contribution in [-0.4, -0.2) is 53.5 Å². The molecule has 2 rings (SSSR count). The zero-order chi connectivity index (χ0) is 14.9. The SMILES string of the molecule is CC(C)(C(=O)N1CCOCC1C(=O)NC1CC1)C(N)=S. The zero-order valence-electron chi connectivity index (χ0n) is 11.8. The number of amides is 2. The van der Waals surface area contributed by atoms with Crippen LogP contribution in [0.4, 0.5) is 0 Å². The molecule has 2 amide bonds. The van der Waals surface area contributed by atoms with E-state index in [0.29, 0.717) is 13.2 Å². The molecule has 1 heterocycles. The highest BCUT2D eigenvalue weighted by molar-refractivity contribution is 7.80. The molecular weight excluding hydrogens is 278 g/mol. The molecule has 0 aromatic heterocycles. The molecule has 3 N–H and O–H groups in total. The van der Waals surface area contributed by atoms with Gasteiger partial charge in [-0.2, -0.15) is 0 Å². The highest BCUT2D eigenvalue weighted by Crippen LogP contribution is 2.24. The monoisotopic (exact) mass is 299 g/mol. The van der Waals surface area contributed by atoms with E-state index in [0.717, 1.165) is 12.8 Å². The predicted octanol–water partition coefficient (Wildman–Crippen LogP) is -0.195. The number of nitrogens with zero attached hydrogens (tertiary/aromatic N) is 1. The number of nitrogens with two attached hydrogens (primary N) is 1. The van der Waals surface area contributed by atoms with Gasteiger partial charge in [0.1, 0.15) is 6.04 Å². The van der Waals surface area contributed by atoms with Gasteiger partial charge in [0, 0.05) is 12.6 Å². The summed E-state index contributed by atoms with van der Waals surface area (Å²) in [5.74, 6) is -0.372. The Hall–Kier alpha value is -1.21. The minimum Gasteiger partial charge on any atom is -0.392 e. The van der Waals surface area contributed by atoms with Crippen LogP contribution in [0.3, 0.4) is 0 Å². The number of nitrogens with one attached hydrogen (secondary N) is 1. The number of ether oxygens (including phenoxy) is 1. The summed E-state index contributed by atoms with van der Waals surface area (Å²) in [4.78, 5) is 26.5. The number of hydrogen-bond donors (Lipinski definition) is 2. The van der Waals surface area contributed by atoms with E-state index < -0.39 is 11.5 Å². The van der Waals surface area contributed by atoms with E-state index in [1.54, 1.807) is 18.7 Å². The lowest BCUT2D eigenvalue weighted by Crippen LogP contribution is -2.60. The molecule has 0 bridgehead atoms. The highest BCUT2D eigenvalue weighted by Gasteiger charge is 2.42. The quantitative estimate of drug-likeness (QED) is 0.703. The lowest BCUT2D eigenvalue weighted by atomic mass is 9.90. The summed E-state index contributed by atoms with van der Waals surface area (Å²) in [7, 11) is 0. The first-order chi connectivity index (χ1) is 9.34. The third kappa shape index (κ3) is 3.09. The van der Waals surface area contributed by atoms with Crippen molar-refractivity contribution in [3.05, 3.63) is 0 Å². The van der Waals surface area contributed by atoms with Crippen LogP contribution in [-0.2, 0) is 14.3 Å². The maximum atomic E-state index is 12.6. The first-order valence-corrected chi connectivity index (χ1v) is 7.24. The second-order valence-corrected chi connectivity index (χ2v) is 6.30. The zero-order valence-corrected chi connectivity index (χ0v) is 12.7. The number of hydrogen-bond acceptors (Lipinski definition) is 4. The molecule has 0 spiro atoms. The third-order valence-corrected chi connectivity index (χ3v) is 4.28. The Kier molecular flexibility index (Phi) is 4.29. The Balaban J connectivity index is 2.11. The summed E-state index contributed by atoms with van der Waals surface area (Å²) in [6.45, 7) is 4.39. The Bertz CT molecular complexity index is 435. The van der Waals surface area contributed by atoms with E-state index in [1.165, 1.54) is 0 Å². The van der Waals surface area contributed by atoms with Crippen molar-refractivity contribution < 1.29 is 14.3 Å². The minimum absolute atomic E-state index is 0.135. The number of carbonyl (C=O) groups is 2. The average molecular weight is 299 g/mol. The van der Waals surface area contributed by atoms with Gasteiger partial charge in [0.25, 0.3) is 0 Å². The molecule has 7 heteroatoms. The van der Waals surface area contributed by atoms with Crippen LogP contribution in [0.5, 0.6) is 0 Å². The summed E-state index contributed by atoms with van der Waals surface area (Å²) >= 11 is 4.96. The van der Waals surface area contributed by atoms with Crippen molar-refractivity contribution >= 4 is 29.0 Å². The van der Waals surface area contributed by atoms with Gasteiger partial charge in [-0.25, -0.2) is 0 Å². The van der Waals surface area contributed by atoms with Crippen molar-refractivity contribution in [2.75, 3.05) is 19.8 Å². The molecule has 2 aliphatic rings. The highest BCUT2D eigenvalue weighted by atomic mass is 32.1. The Labute approximate surface area is 124 Å². The molecule has 1 saturated carbocycles. The Morgan fingerprint density at radius 1 is 1.40 bits per heavy atom. The normalized spacial score (nSPS) is 23.3. The van der Waals surface area contributed by atoms with Crippen LogP contribution in [0, 0.1) is 5.41 Å². The molecule has 1 saturated heterocycles. The van der Waals surface area contributed by atoms with Crippen molar-refractivity contribution in [2.24, 2.45) is 11.1 Å². The first-order valence-electron chi connectivity index (χ1n) is 6.83. The van der Waals surface area contributed by atoms with Gasteiger partial charge in [0.15, 0.2) is 0 Å². The molecule has 1 aliphatic carbocycles. The van der Waals surface area contributed by atoms with Gasteiger partial charge >= 0.3 is 0 Å². The smallest absolute Gasteiger partial charge is 0.245 e. The summed E-state index contributed by atoms with van der Waals surface area (Å²) in [6, 6.07) is -0.338. The van der Waals surface area contributed by atoms with Gasteiger partial charge in [0.05, 0.1) is 23.6 Å². The van der Waals surface area contributed by atoms with E-state index in [4.69, 9.17) is 22.7 Å². The van der Waals surface area contributed by atoms with Crippen molar-refractivity contribution in [2.45, 2.75) is 38.8 Å². The minimum atomic E-state index is -0.954. The topological polar surface area (TPSA) is 84.7 Å². The lowest BCUT2D eigenvalue weighted by Gasteiger charge is -2.38. The first kappa shape index (κ1) is 15.2. The predicted molar refractivity (Wildman–Crippen MR) is 78.1 cm³/mol. The molecule has 0 radical (unpaired) electrons. The van der Waals surface area contributed by atoms with Crippen molar-refractivity contribution in [1.82, 2.24) is 10.2 Å². The molecule has 0 aromatic carbocycles. The van der Waals surface area contributed by atoms with E-state index in [1.807, 2.05) is 0 Å².